The average molecular weight is 312 g/mol. The van der Waals surface area contributed by atoms with Crippen molar-refractivity contribution < 1.29 is 12.8 Å². The largest absolute Gasteiger partial charge is 0.312 e. The van der Waals surface area contributed by atoms with Crippen LogP contribution in [0.25, 0.3) is 0 Å². The van der Waals surface area contributed by atoms with E-state index in [-0.39, 0.29) is 17.0 Å². The summed E-state index contributed by atoms with van der Waals surface area (Å²) in [6.07, 6.45) is 4.91. The lowest BCUT2D eigenvalue weighted by Crippen LogP contribution is -2.52. The van der Waals surface area contributed by atoms with Gasteiger partial charge in [-0.2, -0.15) is 4.31 Å². The second-order valence-corrected chi connectivity index (χ2v) is 7.73. The van der Waals surface area contributed by atoms with Gasteiger partial charge in [0.1, 0.15) is 5.82 Å². The van der Waals surface area contributed by atoms with Crippen LogP contribution in [0.1, 0.15) is 32.1 Å². The van der Waals surface area contributed by atoms with Gasteiger partial charge in [0.2, 0.25) is 10.0 Å². The van der Waals surface area contributed by atoms with Crippen LogP contribution in [0, 0.1) is 5.82 Å². The predicted octanol–water partition coefficient (Wildman–Crippen LogP) is 2.12. The molecular formula is C15H21FN2O2S. The van der Waals surface area contributed by atoms with E-state index in [2.05, 4.69) is 5.32 Å². The molecule has 1 aromatic rings. The molecule has 0 radical (unpaired) electrons. The minimum atomic E-state index is -3.62. The van der Waals surface area contributed by atoms with E-state index in [1.165, 1.54) is 18.2 Å². The summed E-state index contributed by atoms with van der Waals surface area (Å²) in [5, 5.41) is 3.41. The second-order valence-electron chi connectivity index (χ2n) is 5.84. The lowest BCUT2D eigenvalue weighted by molar-refractivity contribution is 0.211. The van der Waals surface area contributed by atoms with Gasteiger partial charge in [0, 0.05) is 18.6 Å². The zero-order valence-corrected chi connectivity index (χ0v) is 12.8. The Labute approximate surface area is 125 Å². The van der Waals surface area contributed by atoms with Gasteiger partial charge >= 0.3 is 0 Å². The number of halogens is 1. The first-order valence-electron chi connectivity index (χ1n) is 7.60. The van der Waals surface area contributed by atoms with Gasteiger partial charge in [0.15, 0.2) is 0 Å². The summed E-state index contributed by atoms with van der Waals surface area (Å²) < 4.78 is 40.6. The van der Waals surface area contributed by atoms with Crippen molar-refractivity contribution in [1.29, 1.82) is 0 Å². The van der Waals surface area contributed by atoms with Crippen molar-refractivity contribution in [2.24, 2.45) is 0 Å². The van der Waals surface area contributed by atoms with Gasteiger partial charge in [0.25, 0.3) is 0 Å². The summed E-state index contributed by atoms with van der Waals surface area (Å²) in [5.41, 5.74) is 0. The molecule has 3 rings (SSSR count). The van der Waals surface area contributed by atoms with Crippen LogP contribution in [0.5, 0.6) is 0 Å². The number of hydrogen-bond donors (Lipinski definition) is 1. The normalized spacial score (nSPS) is 27.9. The first kappa shape index (κ1) is 14.9. The third-order valence-corrected chi connectivity index (χ3v) is 6.38. The highest BCUT2D eigenvalue weighted by Gasteiger charge is 2.38. The van der Waals surface area contributed by atoms with Crippen molar-refractivity contribution in [2.75, 3.05) is 13.1 Å². The highest BCUT2D eigenvalue weighted by molar-refractivity contribution is 7.89. The van der Waals surface area contributed by atoms with Gasteiger partial charge < -0.3 is 5.32 Å². The lowest BCUT2D eigenvalue weighted by atomic mass is 9.97. The molecule has 116 valence electrons. The quantitative estimate of drug-likeness (QED) is 0.930. The van der Waals surface area contributed by atoms with Crippen molar-refractivity contribution >= 4 is 10.0 Å². The molecule has 1 N–H and O–H groups in total. The molecule has 2 atom stereocenters. The zero-order valence-electron chi connectivity index (χ0n) is 12.0. The molecule has 2 heterocycles. The van der Waals surface area contributed by atoms with Crippen molar-refractivity contribution in [3.05, 3.63) is 30.1 Å². The van der Waals surface area contributed by atoms with E-state index in [0.717, 1.165) is 44.7 Å². The molecule has 0 spiro atoms. The number of benzene rings is 1. The number of hydrogen-bond acceptors (Lipinski definition) is 3. The number of nitrogens with zero attached hydrogens (tertiary/aromatic N) is 1. The summed E-state index contributed by atoms with van der Waals surface area (Å²) in [7, 11) is -3.62. The Morgan fingerprint density at radius 3 is 2.76 bits per heavy atom. The van der Waals surface area contributed by atoms with Gasteiger partial charge in [-0.15, -0.1) is 0 Å². The Bertz CT molecular complexity index is 599. The van der Waals surface area contributed by atoms with Gasteiger partial charge in [-0.3, -0.25) is 0 Å². The summed E-state index contributed by atoms with van der Waals surface area (Å²) >= 11 is 0. The van der Waals surface area contributed by atoms with Gasteiger partial charge in [-0.05, 0) is 50.4 Å². The fraction of sp³-hybridized carbons (Fsp3) is 0.600. The van der Waals surface area contributed by atoms with Crippen LogP contribution in [0.2, 0.25) is 0 Å². The van der Waals surface area contributed by atoms with Crippen LogP contribution in [0.4, 0.5) is 4.39 Å². The van der Waals surface area contributed by atoms with Crippen LogP contribution in [-0.4, -0.2) is 37.9 Å². The maximum atomic E-state index is 13.4. The molecule has 1 aromatic carbocycles. The second kappa shape index (κ2) is 6.02. The molecule has 2 fully saturated rings. The number of sulfonamides is 1. The molecule has 0 amide bonds. The molecule has 2 unspecified atom stereocenters. The minimum absolute atomic E-state index is 0.00508. The van der Waals surface area contributed by atoms with Crippen LogP contribution in [0.3, 0.4) is 0 Å². The van der Waals surface area contributed by atoms with Crippen LogP contribution >= 0.6 is 0 Å². The summed E-state index contributed by atoms with van der Waals surface area (Å²) in [5.74, 6) is -0.511. The highest BCUT2D eigenvalue weighted by atomic mass is 32.2. The predicted molar refractivity (Wildman–Crippen MR) is 79.0 cm³/mol. The Morgan fingerprint density at radius 1 is 1.19 bits per heavy atom. The number of nitrogens with one attached hydrogen (secondary N) is 1. The van der Waals surface area contributed by atoms with E-state index in [9.17, 15) is 12.8 Å². The fourth-order valence-corrected chi connectivity index (χ4v) is 5.20. The molecule has 0 saturated carbocycles. The molecule has 0 aromatic heterocycles. The number of rotatable bonds is 3. The highest BCUT2D eigenvalue weighted by Crippen LogP contribution is 2.29. The Balaban J connectivity index is 1.91. The Kier molecular flexibility index (Phi) is 4.28. The Hall–Kier alpha value is -0.980. The Morgan fingerprint density at radius 2 is 2.05 bits per heavy atom. The lowest BCUT2D eigenvalue weighted by Gasteiger charge is -2.38. The van der Waals surface area contributed by atoms with Crippen molar-refractivity contribution in [1.82, 2.24) is 9.62 Å². The van der Waals surface area contributed by atoms with E-state index in [1.54, 1.807) is 4.31 Å². The van der Waals surface area contributed by atoms with E-state index < -0.39 is 15.8 Å². The van der Waals surface area contributed by atoms with E-state index in [4.69, 9.17) is 0 Å². The molecular weight excluding hydrogens is 291 g/mol. The van der Waals surface area contributed by atoms with Gasteiger partial charge in [-0.1, -0.05) is 12.5 Å². The first-order chi connectivity index (χ1) is 10.1. The maximum absolute atomic E-state index is 13.4. The molecule has 2 aliphatic heterocycles. The topological polar surface area (TPSA) is 49.4 Å². The standard InChI is InChI=1S/C15H21FN2O2S/c16-12-5-3-6-13(11-12)21(19,20)18-10-2-1-8-15(18)14-7-4-9-17-14/h3,5-6,11,14-15,17H,1-2,4,7-10H2. The average Bonchev–Trinajstić information content (AvgIpc) is 3.01. The third kappa shape index (κ3) is 2.98. The summed E-state index contributed by atoms with van der Waals surface area (Å²) in [4.78, 5) is 0.0624. The van der Waals surface area contributed by atoms with E-state index >= 15 is 0 Å². The zero-order chi connectivity index (χ0) is 14.9. The van der Waals surface area contributed by atoms with E-state index in [1.807, 2.05) is 0 Å². The summed E-state index contributed by atoms with van der Waals surface area (Å²) in [6, 6.07) is 5.54. The van der Waals surface area contributed by atoms with Gasteiger partial charge in [-0.25, -0.2) is 12.8 Å². The maximum Gasteiger partial charge on any atom is 0.243 e. The molecule has 0 bridgehead atoms. The third-order valence-electron chi connectivity index (χ3n) is 4.46. The van der Waals surface area contributed by atoms with Crippen LogP contribution in [-0.2, 0) is 10.0 Å². The molecule has 6 heteroatoms. The SMILES string of the molecule is O=S(=O)(c1cccc(F)c1)N1CCCCC1C1CCCN1. The number of piperidine rings is 1. The minimum Gasteiger partial charge on any atom is -0.312 e. The first-order valence-corrected chi connectivity index (χ1v) is 9.04. The van der Waals surface area contributed by atoms with Crippen molar-refractivity contribution in [2.45, 2.75) is 49.1 Å². The fourth-order valence-electron chi connectivity index (χ4n) is 3.43. The molecule has 2 saturated heterocycles. The molecule has 0 aliphatic carbocycles. The molecule has 21 heavy (non-hydrogen) atoms. The van der Waals surface area contributed by atoms with Gasteiger partial charge in [0.05, 0.1) is 4.90 Å². The van der Waals surface area contributed by atoms with E-state index in [0.29, 0.717) is 6.54 Å². The summed E-state index contributed by atoms with van der Waals surface area (Å²) in [6.45, 7) is 1.48. The van der Waals surface area contributed by atoms with Crippen molar-refractivity contribution in [3.63, 3.8) is 0 Å². The molecule has 2 aliphatic rings. The smallest absolute Gasteiger partial charge is 0.243 e. The molecule has 4 nitrogen and oxygen atoms in total. The van der Waals surface area contributed by atoms with Crippen LogP contribution in [0.15, 0.2) is 29.2 Å². The monoisotopic (exact) mass is 312 g/mol. The van der Waals surface area contributed by atoms with Crippen LogP contribution < -0.4 is 5.32 Å². The van der Waals surface area contributed by atoms with Crippen molar-refractivity contribution in [3.8, 4) is 0 Å².